The Kier molecular flexibility index (Phi) is 7.49. The third-order valence-electron chi connectivity index (χ3n) is 6.67. The van der Waals surface area contributed by atoms with E-state index in [4.69, 9.17) is 21.1 Å². The number of ether oxygens (including phenoxy) is 2. The second-order valence-corrected chi connectivity index (χ2v) is 10.9. The molecule has 1 amide bonds. The molecule has 0 bridgehead atoms. The van der Waals surface area contributed by atoms with Crippen molar-refractivity contribution in [3.05, 3.63) is 94.5 Å². The highest BCUT2D eigenvalue weighted by molar-refractivity contribution is 7.20. The lowest BCUT2D eigenvalue weighted by molar-refractivity contribution is -0.146. The third-order valence-corrected chi connectivity index (χ3v) is 7.98. The lowest BCUT2D eigenvalue weighted by atomic mass is 9.94. The van der Waals surface area contributed by atoms with Gasteiger partial charge in [0, 0.05) is 17.3 Å². The predicted octanol–water partition coefficient (Wildman–Crippen LogP) is 8.03. The summed E-state index contributed by atoms with van der Waals surface area (Å²) in [6.07, 6.45) is 2.44. The summed E-state index contributed by atoms with van der Waals surface area (Å²) in [4.78, 5) is 30.4. The van der Waals surface area contributed by atoms with Crippen LogP contribution in [0.25, 0.3) is 21.7 Å². The molecule has 194 valence electrons. The van der Waals surface area contributed by atoms with Crippen LogP contribution in [0.2, 0.25) is 4.34 Å². The summed E-state index contributed by atoms with van der Waals surface area (Å²) in [6, 6.07) is 23.1. The normalized spacial score (nSPS) is 14.4. The van der Waals surface area contributed by atoms with Crippen LogP contribution in [-0.4, -0.2) is 23.7 Å². The van der Waals surface area contributed by atoms with E-state index in [1.165, 1.54) is 11.3 Å². The van der Waals surface area contributed by atoms with Gasteiger partial charge in [-0.2, -0.15) is 0 Å². The standard InChI is InChI=1S/C30H27ClN2O4S/c1-3-36-28(34)30(15-16-30)23-12-9-21(10-13-23)24-14-11-22(18-32-24)27-25(17-26(31)38-27)33-29(35)37-19(2)20-7-5-4-6-8-20/h4-14,17-19H,3,15-16H2,1-2H3,(H,33,35). The van der Waals surface area contributed by atoms with E-state index in [2.05, 4.69) is 10.3 Å². The maximum atomic E-state index is 12.6. The van der Waals surface area contributed by atoms with Crippen molar-refractivity contribution in [2.45, 2.75) is 38.2 Å². The fraction of sp³-hybridized carbons (Fsp3) is 0.233. The van der Waals surface area contributed by atoms with Crippen LogP contribution in [0.3, 0.4) is 0 Å². The van der Waals surface area contributed by atoms with Crippen LogP contribution in [-0.2, 0) is 19.7 Å². The minimum Gasteiger partial charge on any atom is -0.465 e. The lowest BCUT2D eigenvalue weighted by Crippen LogP contribution is -2.23. The summed E-state index contributed by atoms with van der Waals surface area (Å²) in [7, 11) is 0. The summed E-state index contributed by atoms with van der Waals surface area (Å²) in [6.45, 7) is 4.04. The number of thiophene rings is 1. The number of anilines is 1. The molecule has 8 heteroatoms. The number of hydrogen-bond acceptors (Lipinski definition) is 6. The van der Waals surface area contributed by atoms with Gasteiger partial charge in [-0.15, -0.1) is 11.3 Å². The topological polar surface area (TPSA) is 77.5 Å². The Bertz CT molecular complexity index is 1430. The molecule has 0 aliphatic heterocycles. The molecule has 0 spiro atoms. The summed E-state index contributed by atoms with van der Waals surface area (Å²) < 4.78 is 11.4. The molecular weight excluding hydrogens is 520 g/mol. The number of aromatic nitrogens is 1. The van der Waals surface area contributed by atoms with Gasteiger partial charge in [0.25, 0.3) is 0 Å². The van der Waals surface area contributed by atoms with E-state index in [0.717, 1.165) is 45.7 Å². The lowest BCUT2D eigenvalue weighted by Gasteiger charge is -2.15. The van der Waals surface area contributed by atoms with Crippen molar-refractivity contribution in [1.29, 1.82) is 0 Å². The van der Waals surface area contributed by atoms with Gasteiger partial charge in [-0.3, -0.25) is 15.1 Å². The van der Waals surface area contributed by atoms with Gasteiger partial charge in [0.2, 0.25) is 0 Å². The van der Waals surface area contributed by atoms with Crippen molar-refractivity contribution in [3.63, 3.8) is 0 Å². The number of nitrogens with one attached hydrogen (secondary N) is 1. The maximum absolute atomic E-state index is 12.6. The molecular formula is C30H27ClN2O4S. The van der Waals surface area contributed by atoms with Crippen LogP contribution in [0.15, 0.2) is 79.0 Å². The Labute approximate surface area is 230 Å². The summed E-state index contributed by atoms with van der Waals surface area (Å²) >= 11 is 7.66. The predicted molar refractivity (Wildman–Crippen MR) is 151 cm³/mol. The van der Waals surface area contributed by atoms with E-state index in [9.17, 15) is 9.59 Å². The van der Waals surface area contributed by atoms with Crippen molar-refractivity contribution in [1.82, 2.24) is 4.98 Å². The van der Waals surface area contributed by atoms with Crippen molar-refractivity contribution >= 4 is 40.7 Å². The first-order chi connectivity index (χ1) is 18.4. The van der Waals surface area contributed by atoms with Crippen molar-refractivity contribution < 1.29 is 19.1 Å². The Morgan fingerprint density at radius 3 is 2.39 bits per heavy atom. The SMILES string of the molecule is CCOC(=O)C1(c2ccc(-c3ccc(-c4sc(Cl)cc4NC(=O)OC(C)c4ccccc4)cn3)cc2)CC1. The van der Waals surface area contributed by atoms with Gasteiger partial charge in [0.15, 0.2) is 0 Å². The fourth-order valence-corrected chi connectivity index (χ4v) is 5.60. The third kappa shape index (κ3) is 5.44. The number of halogens is 1. The zero-order chi connectivity index (χ0) is 26.7. The number of carbonyl (C=O) groups is 2. The number of rotatable bonds is 8. The van der Waals surface area contributed by atoms with E-state index >= 15 is 0 Å². The molecule has 0 radical (unpaired) electrons. The summed E-state index contributed by atoms with van der Waals surface area (Å²) in [5, 5.41) is 2.82. The van der Waals surface area contributed by atoms with Crippen LogP contribution in [0.5, 0.6) is 0 Å². The summed E-state index contributed by atoms with van der Waals surface area (Å²) in [5.41, 5.74) is 4.54. The van der Waals surface area contributed by atoms with Gasteiger partial charge < -0.3 is 9.47 Å². The first kappa shape index (κ1) is 25.9. The van der Waals surface area contributed by atoms with Crippen LogP contribution in [0, 0.1) is 0 Å². The summed E-state index contributed by atoms with van der Waals surface area (Å²) in [5.74, 6) is -0.146. The molecule has 5 rings (SSSR count). The fourth-order valence-electron chi connectivity index (χ4n) is 4.42. The average molecular weight is 547 g/mol. The first-order valence-electron chi connectivity index (χ1n) is 12.5. The Balaban J connectivity index is 1.29. The van der Waals surface area contributed by atoms with Crippen molar-refractivity contribution in [2.24, 2.45) is 0 Å². The number of nitrogens with zero attached hydrogens (tertiary/aromatic N) is 1. The quantitative estimate of drug-likeness (QED) is 0.226. The molecule has 1 aliphatic rings. The second kappa shape index (κ2) is 11.0. The Hall–Kier alpha value is -3.68. The van der Waals surface area contributed by atoms with Gasteiger partial charge in [0.05, 0.1) is 32.6 Å². The number of esters is 1. The highest BCUT2D eigenvalue weighted by Crippen LogP contribution is 2.49. The van der Waals surface area contributed by atoms with E-state index in [0.29, 0.717) is 16.6 Å². The van der Waals surface area contributed by atoms with Crippen LogP contribution >= 0.6 is 22.9 Å². The van der Waals surface area contributed by atoms with Gasteiger partial charge >= 0.3 is 12.1 Å². The highest BCUT2D eigenvalue weighted by atomic mass is 35.5. The minimum atomic E-state index is -0.557. The molecule has 1 saturated carbocycles. The van der Waals surface area contributed by atoms with Crippen molar-refractivity contribution in [2.75, 3.05) is 11.9 Å². The molecule has 1 aliphatic carbocycles. The van der Waals surface area contributed by atoms with Crippen LogP contribution < -0.4 is 5.32 Å². The molecule has 1 N–H and O–H groups in total. The van der Waals surface area contributed by atoms with E-state index in [1.54, 1.807) is 12.3 Å². The van der Waals surface area contributed by atoms with Crippen LogP contribution in [0.4, 0.5) is 10.5 Å². The molecule has 38 heavy (non-hydrogen) atoms. The van der Waals surface area contributed by atoms with E-state index < -0.39 is 17.6 Å². The molecule has 1 fully saturated rings. The van der Waals surface area contributed by atoms with Gasteiger partial charge in [0.1, 0.15) is 6.10 Å². The highest BCUT2D eigenvalue weighted by Gasteiger charge is 2.52. The van der Waals surface area contributed by atoms with E-state index in [1.807, 2.05) is 80.6 Å². The molecule has 4 aromatic rings. The average Bonchev–Trinajstić information content (AvgIpc) is 3.67. The van der Waals surface area contributed by atoms with Gasteiger partial charge in [-0.1, -0.05) is 66.2 Å². The number of carbonyl (C=O) groups excluding carboxylic acids is 2. The zero-order valence-corrected chi connectivity index (χ0v) is 22.6. The molecule has 2 heterocycles. The van der Waals surface area contributed by atoms with Gasteiger partial charge in [-0.05, 0) is 56.0 Å². The number of amides is 1. The Morgan fingerprint density at radius 2 is 1.76 bits per heavy atom. The molecule has 1 atom stereocenters. The number of hydrogen-bond donors (Lipinski definition) is 1. The Morgan fingerprint density at radius 1 is 1.05 bits per heavy atom. The molecule has 2 aromatic heterocycles. The second-order valence-electron chi connectivity index (χ2n) is 9.19. The molecule has 1 unspecified atom stereocenters. The van der Waals surface area contributed by atoms with E-state index in [-0.39, 0.29) is 5.97 Å². The first-order valence-corrected chi connectivity index (χ1v) is 13.7. The molecule has 0 saturated heterocycles. The smallest absolute Gasteiger partial charge is 0.412 e. The van der Waals surface area contributed by atoms with Crippen LogP contribution in [0.1, 0.15) is 43.9 Å². The minimum absolute atomic E-state index is 0.146. The number of pyridine rings is 1. The van der Waals surface area contributed by atoms with Gasteiger partial charge in [-0.25, -0.2) is 4.79 Å². The zero-order valence-electron chi connectivity index (χ0n) is 21.1. The number of benzene rings is 2. The monoisotopic (exact) mass is 546 g/mol. The largest absolute Gasteiger partial charge is 0.465 e. The molecule has 6 nitrogen and oxygen atoms in total. The maximum Gasteiger partial charge on any atom is 0.412 e. The molecule has 2 aromatic carbocycles. The van der Waals surface area contributed by atoms with Crippen molar-refractivity contribution in [3.8, 4) is 21.7 Å².